The van der Waals surface area contributed by atoms with Crippen LogP contribution >= 0.6 is 0 Å². The minimum Gasteiger partial charge on any atom is -0.399 e. The number of hydrogen-bond acceptors (Lipinski definition) is 4. The van der Waals surface area contributed by atoms with Gasteiger partial charge in [0.2, 0.25) is 0 Å². The highest BCUT2D eigenvalue weighted by Gasteiger charge is 2.33. The summed E-state index contributed by atoms with van der Waals surface area (Å²) in [6.45, 7) is 4.54. The van der Waals surface area contributed by atoms with Crippen molar-refractivity contribution in [3.8, 4) is 0 Å². The Morgan fingerprint density at radius 1 is 1.38 bits per heavy atom. The standard InChI is InChI=1S/C16H19N3O2/c1-10-8-12(17)5-6-13(10)16(20)19-7-3-4-14(19)15-9-11(2)18-21-15/h5-6,8-9,14H,3-4,7,17H2,1-2H3. The Hall–Kier alpha value is -2.30. The number of amides is 1. The van der Waals surface area contributed by atoms with Crippen molar-refractivity contribution in [3.63, 3.8) is 0 Å². The molecule has 0 spiro atoms. The summed E-state index contributed by atoms with van der Waals surface area (Å²) in [6, 6.07) is 7.29. The van der Waals surface area contributed by atoms with E-state index in [0.717, 1.165) is 36.4 Å². The van der Waals surface area contributed by atoms with E-state index in [1.165, 1.54) is 0 Å². The van der Waals surface area contributed by atoms with Crippen molar-refractivity contribution in [1.29, 1.82) is 0 Å². The Labute approximate surface area is 123 Å². The van der Waals surface area contributed by atoms with Crippen LogP contribution in [-0.4, -0.2) is 22.5 Å². The Bertz CT molecular complexity index is 678. The lowest BCUT2D eigenvalue weighted by molar-refractivity contribution is 0.0714. The molecular formula is C16H19N3O2. The molecule has 1 saturated heterocycles. The minimum absolute atomic E-state index is 0.0179. The van der Waals surface area contributed by atoms with Gasteiger partial charge in [0.05, 0.1) is 11.7 Å². The highest BCUT2D eigenvalue weighted by molar-refractivity contribution is 5.96. The molecule has 3 rings (SSSR count). The molecule has 2 aromatic rings. The number of nitrogen functional groups attached to an aromatic ring is 1. The predicted octanol–water partition coefficient (Wildman–Crippen LogP) is 2.85. The van der Waals surface area contributed by atoms with Crippen LogP contribution in [-0.2, 0) is 0 Å². The molecule has 1 aromatic heterocycles. The zero-order valence-corrected chi connectivity index (χ0v) is 12.3. The molecule has 1 amide bonds. The normalized spacial score (nSPS) is 18.2. The van der Waals surface area contributed by atoms with Crippen LogP contribution in [0.5, 0.6) is 0 Å². The van der Waals surface area contributed by atoms with Crippen molar-refractivity contribution < 1.29 is 9.32 Å². The van der Waals surface area contributed by atoms with Crippen LogP contribution < -0.4 is 5.73 Å². The zero-order valence-electron chi connectivity index (χ0n) is 12.3. The molecule has 5 heteroatoms. The molecule has 1 aliphatic rings. The van der Waals surface area contributed by atoms with Gasteiger partial charge in [0, 0.05) is 23.9 Å². The number of likely N-dealkylation sites (tertiary alicyclic amines) is 1. The third kappa shape index (κ3) is 2.51. The van der Waals surface area contributed by atoms with Crippen LogP contribution in [0.25, 0.3) is 0 Å². The predicted molar refractivity (Wildman–Crippen MR) is 79.8 cm³/mol. The number of nitrogens with zero attached hydrogens (tertiary/aromatic N) is 2. The van der Waals surface area contributed by atoms with E-state index in [-0.39, 0.29) is 11.9 Å². The van der Waals surface area contributed by atoms with Crippen molar-refractivity contribution in [2.24, 2.45) is 0 Å². The Morgan fingerprint density at radius 2 is 2.19 bits per heavy atom. The van der Waals surface area contributed by atoms with Gasteiger partial charge >= 0.3 is 0 Å². The van der Waals surface area contributed by atoms with Crippen LogP contribution in [0.1, 0.15) is 46.3 Å². The maximum Gasteiger partial charge on any atom is 0.254 e. The third-order valence-corrected chi connectivity index (χ3v) is 3.97. The third-order valence-electron chi connectivity index (χ3n) is 3.97. The van der Waals surface area contributed by atoms with Crippen LogP contribution in [0.15, 0.2) is 28.8 Å². The first kappa shape index (κ1) is 13.7. The van der Waals surface area contributed by atoms with Crippen molar-refractivity contribution in [2.75, 3.05) is 12.3 Å². The Balaban J connectivity index is 1.89. The summed E-state index contributed by atoms with van der Waals surface area (Å²) >= 11 is 0. The van der Waals surface area contributed by atoms with E-state index >= 15 is 0 Å². The molecule has 2 heterocycles. The SMILES string of the molecule is Cc1cc(C2CCCN2C(=O)c2ccc(N)cc2C)on1. The molecule has 5 nitrogen and oxygen atoms in total. The van der Waals surface area contributed by atoms with Gasteiger partial charge in [0.25, 0.3) is 5.91 Å². The summed E-state index contributed by atoms with van der Waals surface area (Å²) in [5.41, 5.74) is 8.87. The molecule has 2 N–H and O–H groups in total. The van der Waals surface area contributed by atoms with Crippen LogP contribution in [0.4, 0.5) is 5.69 Å². The lowest BCUT2D eigenvalue weighted by atomic mass is 10.1. The van der Waals surface area contributed by atoms with Gasteiger partial charge in [0.1, 0.15) is 0 Å². The summed E-state index contributed by atoms with van der Waals surface area (Å²) in [7, 11) is 0. The Kier molecular flexibility index (Phi) is 3.41. The van der Waals surface area contributed by atoms with E-state index < -0.39 is 0 Å². The van der Waals surface area contributed by atoms with Gasteiger partial charge in [-0.1, -0.05) is 5.16 Å². The molecule has 0 aliphatic carbocycles. The van der Waals surface area contributed by atoms with E-state index in [2.05, 4.69) is 5.16 Å². The fourth-order valence-corrected chi connectivity index (χ4v) is 2.93. The molecule has 1 fully saturated rings. The van der Waals surface area contributed by atoms with Crippen LogP contribution in [0.3, 0.4) is 0 Å². The number of carbonyl (C=O) groups is 1. The van der Waals surface area contributed by atoms with Gasteiger partial charge in [-0.15, -0.1) is 0 Å². The van der Waals surface area contributed by atoms with E-state index in [4.69, 9.17) is 10.3 Å². The second kappa shape index (κ2) is 5.24. The fourth-order valence-electron chi connectivity index (χ4n) is 2.93. The van der Waals surface area contributed by atoms with E-state index in [1.807, 2.05) is 30.9 Å². The van der Waals surface area contributed by atoms with E-state index in [9.17, 15) is 4.79 Å². The largest absolute Gasteiger partial charge is 0.399 e. The first-order chi connectivity index (χ1) is 10.1. The number of benzene rings is 1. The van der Waals surface area contributed by atoms with Gasteiger partial charge in [-0.2, -0.15) is 0 Å². The van der Waals surface area contributed by atoms with Crippen molar-refractivity contribution in [1.82, 2.24) is 10.1 Å². The zero-order chi connectivity index (χ0) is 15.0. The average Bonchev–Trinajstić information content (AvgIpc) is 3.06. The maximum atomic E-state index is 12.8. The van der Waals surface area contributed by atoms with E-state index in [0.29, 0.717) is 11.3 Å². The first-order valence-corrected chi connectivity index (χ1v) is 7.16. The molecule has 0 saturated carbocycles. The van der Waals surface area contributed by atoms with Crippen LogP contribution in [0.2, 0.25) is 0 Å². The monoisotopic (exact) mass is 285 g/mol. The molecule has 1 atom stereocenters. The van der Waals surface area contributed by atoms with Crippen molar-refractivity contribution in [3.05, 3.63) is 46.8 Å². The summed E-state index contributed by atoms with van der Waals surface area (Å²) in [5, 5.41) is 3.93. The average molecular weight is 285 g/mol. The molecule has 1 aliphatic heterocycles. The second-order valence-corrected chi connectivity index (χ2v) is 5.60. The number of aromatic nitrogens is 1. The van der Waals surface area contributed by atoms with Crippen molar-refractivity contribution >= 4 is 11.6 Å². The molecule has 21 heavy (non-hydrogen) atoms. The number of aryl methyl sites for hydroxylation is 2. The molecule has 1 aromatic carbocycles. The Morgan fingerprint density at radius 3 is 2.86 bits per heavy atom. The number of hydrogen-bond donors (Lipinski definition) is 1. The van der Waals surface area contributed by atoms with Crippen molar-refractivity contribution in [2.45, 2.75) is 32.7 Å². The van der Waals surface area contributed by atoms with Gasteiger partial charge in [0.15, 0.2) is 5.76 Å². The highest BCUT2D eigenvalue weighted by atomic mass is 16.5. The van der Waals surface area contributed by atoms with Gasteiger partial charge in [-0.05, 0) is 50.5 Å². The molecular weight excluding hydrogens is 266 g/mol. The van der Waals surface area contributed by atoms with Gasteiger partial charge in [-0.3, -0.25) is 4.79 Å². The molecule has 110 valence electrons. The minimum atomic E-state index is -0.0179. The lowest BCUT2D eigenvalue weighted by Gasteiger charge is -2.23. The summed E-state index contributed by atoms with van der Waals surface area (Å²) in [6.07, 6.45) is 1.89. The van der Waals surface area contributed by atoms with Gasteiger partial charge < -0.3 is 15.2 Å². The summed E-state index contributed by atoms with van der Waals surface area (Å²) < 4.78 is 5.35. The molecule has 1 unspecified atom stereocenters. The first-order valence-electron chi connectivity index (χ1n) is 7.16. The topological polar surface area (TPSA) is 72.4 Å². The summed E-state index contributed by atoms with van der Waals surface area (Å²) in [4.78, 5) is 14.7. The lowest BCUT2D eigenvalue weighted by Crippen LogP contribution is -2.30. The smallest absolute Gasteiger partial charge is 0.254 e. The molecule has 0 bridgehead atoms. The second-order valence-electron chi connectivity index (χ2n) is 5.60. The number of carbonyl (C=O) groups excluding carboxylic acids is 1. The molecule has 0 radical (unpaired) electrons. The van der Waals surface area contributed by atoms with Crippen LogP contribution in [0, 0.1) is 13.8 Å². The number of nitrogens with two attached hydrogens (primary N) is 1. The quantitative estimate of drug-likeness (QED) is 0.861. The number of rotatable bonds is 2. The fraction of sp³-hybridized carbons (Fsp3) is 0.375. The summed E-state index contributed by atoms with van der Waals surface area (Å²) in [5.74, 6) is 0.801. The highest BCUT2D eigenvalue weighted by Crippen LogP contribution is 2.34. The van der Waals surface area contributed by atoms with E-state index in [1.54, 1.807) is 12.1 Å². The maximum absolute atomic E-state index is 12.8. The number of anilines is 1. The van der Waals surface area contributed by atoms with Gasteiger partial charge in [-0.25, -0.2) is 0 Å².